The van der Waals surface area contributed by atoms with Gasteiger partial charge in [-0.05, 0) is 38.0 Å². The molecule has 2 rings (SSSR count). The minimum atomic E-state index is -0.664. The number of rotatable bonds is 1. The molecule has 0 saturated carbocycles. The van der Waals surface area contributed by atoms with Gasteiger partial charge in [0.15, 0.2) is 0 Å². The minimum absolute atomic E-state index is 0.198. The lowest BCUT2D eigenvalue weighted by Gasteiger charge is -2.39. The lowest BCUT2D eigenvalue weighted by molar-refractivity contribution is -0.134. The van der Waals surface area contributed by atoms with E-state index in [1.807, 2.05) is 0 Å². The molecular formula is C13H16F2N2O. The summed E-state index contributed by atoms with van der Waals surface area (Å²) in [6.45, 7) is 3.52. The van der Waals surface area contributed by atoms with Crippen LogP contribution in [0, 0.1) is 17.0 Å². The molecule has 1 amide bonds. The van der Waals surface area contributed by atoms with Crippen molar-refractivity contribution in [3.63, 3.8) is 0 Å². The molecule has 18 heavy (non-hydrogen) atoms. The van der Waals surface area contributed by atoms with Crippen LogP contribution in [0.4, 0.5) is 8.78 Å². The molecule has 5 heteroatoms. The van der Waals surface area contributed by atoms with Crippen LogP contribution >= 0.6 is 0 Å². The predicted octanol–water partition coefficient (Wildman–Crippen LogP) is 1.88. The van der Waals surface area contributed by atoms with E-state index in [1.165, 1.54) is 12.1 Å². The Morgan fingerprint density at radius 3 is 2.33 bits per heavy atom. The molecule has 1 aliphatic heterocycles. The number of benzene rings is 1. The molecule has 1 aromatic carbocycles. The molecule has 0 aliphatic carbocycles. The standard InChI is InChI=1S/C13H16F2N2O/c1-13(2)11(16)6-10(17-12(13)18)7-3-8(14)5-9(15)4-7/h3-5,10-11H,6,16H2,1-2H3,(H,17,18)/t10-,11-/m0/s1. The van der Waals surface area contributed by atoms with Gasteiger partial charge in [0.1, 0.15) is 11.6 Å². The summed E-state index contributed by atoms with van der Waals surface area (Å²) in [5.41, 5.74) is 5.70. The SMILES string of the molecule is CC1(C)C(=O)N[C@H](c2cc(F)cc(F)c2)C[C@@H]1N. The molecule has 1 heterocycles. The molecule has 0 spiro atoms. The van der Waals surface area contributed by atoms with Crippen molar-refractivity contribution in [2.75, 3.05) is 0 Å². The molecule has 0 aromatic heterocycles. The Bertz CT molecular complexity index is 468. The van der Waals surface area contributed by atoms with Gasteiger partial charge in [-0.2, -0.15) is 0 Å². The van der Waals surface area contributed by atoms with Gasteiger partial charge in [0.05, 0.1) is 11.5 Å². The predicted molar refractivity (Wildman–Crippen MR) is 63.6 cm³/mol. The van der Waals surface area contributed by atoms with Gasteiger partial charge in [-0.25, -0.2) is 8.78 Å². The number of hydrogen-bond acceptors (Lipinski definition) is 2. The van der Waals surface area contributed by atoms with E-state index in [9.17, 15) is 13.6 Å². The van der Waals surface area contributed by atoms with Gasteiger partial charge in [-0.15, -0.1) is 0 Å². The first-order valence-corrected chi connectivity index (χ1v) is 5.83. The van der Waals surface area contributed by atoms with Gasteiger partial charge < -0.3 is 11.1 Å². The van der Waals surface area contributed by atoms with Crippen molar-refractivity contribution in [1.29, 1.82) is 0 Å². The normalized spacial score (nSPS) is 26.8. The third-order valence-electron chi connectivity index (χ3n) is 3.59. The number of amides is 1. The van der Waals surface area contributed by atoms with Crippen LogP contribution in [0.15, 0.2) is 18.2 Å². The maximum Gasteiger partial charge on any atom is 0.227 e. The van der Waals surface area contributed by atoms with E-state index < -0.39 is 23.1 Å². The molecule has 0 unspecified atom stereocenters. The summed E-state index contributed by atoms with van der Waals surface area (Å²) in [5, 5.41) is 2.76. The fourth-order valence-electron chi connectivity index (χ4n) is 2.12. The van der Waals surface area contributed by atoms with Crippen LogP contribution in [0.5, 0.6) is 0 Å². The second-order valence-electron chi connectivity index (χ2n) is 5.29. The summed E-state index contributed by atoms with van der Waals surface area (Å²) in [6.07, 6.45) is 0.460. The highest BCUT2D eigenvalue weighted by atomic mass is 19.1. The van der Waals surface area contributed by atoms with Gasteiger partial charge in [0, 0.05) is 12.1 Å². The lowest BCUT2D eigenvalue weighted by atomic mass is 9.76. The smallest absolute Gasteiger partial charge is 0.227 e. The summed E-state index contributed by atoms with van der Waals surface area (Å²) in [5.74, 6) is -1.51. The second kappa shape index (κ2) is 4.31. The Morgan fingerprint density at radius 1 is 1.28 bits per heavy atom. The minimum Gasteiger partial charge on any atom is -0.349 e. The molecular weight excluding hydrogens is 238 g/mol. The van der Waals surface area contributed by atoms with Crippen molar-refractivity contribution in [1.82, 2.24) is 5.32 Å². The first kappa shape index (κ1) is 13.0. The van der Waals surface area contributed by atoms with E-state index in [-0.39, 0.29) is 11.9 Å². The number of carbonyl (C=O) groups excluding carboxylic acids is 1. The van der Waals surface area contributed by atoms with Gasteiger partial charge >= 0.3 is 0 Å². The highest BCUT2D eigenvalue weighted by molar-refractivity contribution is 5.84. The van der Waals surface area contributed by atoms with Crippen LogP contribution in [0.25, 0.3) is 0 Å². The number of nitrogens with two attached hydrogens (primary N) is 1. The average Bonchev–Trinajstić information content (AvgIpc) is 2.24. The zero-order valence-corrected chi connectivity index (χ0v) is 10.3. The molecule has 1 aliphatic rings. The largest absolute Gasteiger partial charge is 0.349 e. The molecule has 0 radical (unpaired) electrons. The van der Waals surface area contributed by atoms with E-state index in [0.29, 0.717) is 12.0 Å². The summed E-state index contributed by atoms with van der Waals surface area (Å²) in [6, 6.07) is 2.46. The first-order chi connectivity index (χ1) is 8.30. The Morgan fingerprint density at radius 2 is 1.83 bits per heavy atom. The number of nitrogens with one attached hydrogen (secondary N) is 1. The Kier molecular flexibility index (Phi) is 3.11. The third kappa shape index (κ3) is 2.22. The van der Waals surface area contributed by atoms with Gasteiger partial charge in [-0.1, -0.05) is 0 Å². The summed E-state index contributed by atoms with van der Waals surface area (Å²) in [7, 11) is 0. The van der Waals surface area contributed by atoms with E-state index >= 15 is 0 Å². The van der Waals surface area contributed by atoms with E-state index in [1.54, 1.807) is 13.8 Å². The quantitative estimate of drug-likeness (QED) is 0.804. The maximum atomic E-state index is 13.1. The highest BCUT2D eigenvalue weighted by Crippen LogP contribution is 2.33. The van der Waals surface area contributed by atoms with E-state index in [4.69, 9.17) is 5.73 Å². The molecule has 2 atom stereocenters. The number of piperidine rings is 1. The zero-order valence-electron chi connectivity index (χ0n) is 10.3. The fourth-order valence-corrected chi connectivity index (χ4v) is 2.12. The summed E-state index contributed by atoms with van der Waals surface area (Å²) >= 11 is 0. The lowest BCUT2D eigenvalue weighted by Crippen LogP contribution is -2.55. The van der Waals surface area contributed by atoms with Crippen LogP contribution in [0.2, 0.25) is 0 Å². The summed E-state index contributed by atoms with van der Waals surface area (Å²) in [4.78, 5) is 11.9. The van der Waals surface area contributed by atoms with Crippen molar-refractivity contribution < 1.29 is 13.6 Å². The zero-order chi connectivity index (χ0) is 13.5. The average molecular weight is 254 g/mol. The monoisotopic (exact) mass is 254 g/mol. The maximum absolute atomic E-state index is 13.1. The topological polar surface area (TPSA) is 55.1 Å². The molecule has 0 bridgehead atoms. The number of hydrogen-bond donors (Lipinski definition) is 2. The van der Waals surface area contributed by atoms with Crippen molar-refractivity contribution >= 4 is 5.91 Å². The van der Waals surface area contributed by atoms with Crippen LogP contribution in [-0.2, 0) is 4.79 Å². The Labute approximate surface area is 104 Å². The van der Waals surface area contributed by atoms with Gasteiger partial charge in [-0.3, -0.25) is 4.79 Å². The van der Waals surface area contributed by atoms with Gasteiger partial charge in [0.2, 0.25) is 5.91 Å². The third-order valence-corrected chi connectivity index (χ3v) is 3.59. The van der Waals surface area contributed by atoms with Crippen LogP contribution in [0.1, 0.15) is 31.9 Å². The van der Waals surface area contributed by atoms with Crippen LogP contribution in [0.3, 0.4) is 0 Å². The molecule has 1 aromatic rings. The van der Waals surface area contributed by atoms with Crippen molar-refractivity contribution in [3.8, 4) is 0 Å². The molecule has 3 N–H and O–H groups in total. The molecule has 1 fully saturated rings. The van der Waals surface area contributed by atoms with Crippen molar-refractivity contribution in [2.45, 2.75) is 32.4 Å². The molecule has 3 nitrogen and oxygen atoms in total. The Balaban J connectivity index is 2.28. The molecule has 1 saturated heterocycles. The summed E-state index contributed by atoms with van der Waals surface area (Å²) < 4.78 is 26.3. The second-order valence-corrected chi connectivity index (χ2v) is 5.29. The van der Waals surface area contributed by atoms with E-state index in [0.717, 1.165) is 6.07 Å². The highest BCUT2D eigenvalue weighted by Gasteiger charge is 2.41. The van der Waals surface area contributed by atoms with Gasteiger partial charge in [0.25, 0.3) is 0 Å². The van der Waals surface area contributed by atoms with Crippen molar-refractivity contribution in [3.05, 3.63) is 35.4 Å². The molecule has 98 valence electrons. The van der Waals surface area contributed by atoms with Crippen molar-refractivity contribution in [2.24, 2.45) is 11.1 Å². The fraction of sp³-hybridized carbons (Fsp3) is 0.462. The Hall–Kier alpha value is -1.49. The number of halogens is 2. The van der Waals surface area contributed by atoms with Crippen LogP contribution in [-0.4, -0.2) is 11.9 Å². The number of carbonyl (C=O) groups is 1. The first-order valence-electron chi connectivity index (χ1n) is 5.83. The van der Waals surface area contributed by atoms with E-state index in [2.05, 4.69) is 5.32 Å². The van der Waals surface area contributed by atoms with Crippen LogP contribution < -0.4 is 11.1 Å².